The molecule has 7 heteroatoms. The number of hydrogen-bond acceptors (Lipinski definition) is 3. The molecule has 0 aliphatic rings. The van der Waals surface area contributed by atoms with Crippen molar-refractivity contribution >= 4 is 25.7 Å². The van der Waals surface area contributed by atoms with Crippen molar-refractivity contribution in [2.24, 2.45) is 0 Å². The highest BCUT2D eigenvalue weighted by molar-refractivity contribution is 9.10. The van der Waals surface area contributed by atoms with Crippen LogP contribution < -0.4 is 4.18 Å². The van der Waals surface area contributed by atoms with E-state index in [0.717, 1.165) is 10.6 Å². The summed E-state index contributed by atoms with van der Waals surface area (Å²) in [5.41, 5.74) is 0. The number of nitrogens with zero attached hydrogens (tertiary/aromatic N) is 2. The van der Waals surface area contributed by atoms with Gasteiger partial charge in [0.25, 0.3) is 0 Å². The normalized spacial score (nSPS) is 14.7. The van der Waals surface area contributed by atoms with Crippen molar-refractivity contribution < 1.29 is 12.9 Å². The molecule has 0 radical (unpaired) electrons. The van der Waals surface area contributed by atoms with Crippen molar-refractivity contribution in [3.63, 3.8) is 0 Å². The molecular formula is C8H13BrN2O3S. The van der Waals surface area contributed by atoms with Gasteiger partial charge in [0.05, 0.1) is 12.5 Å². The quantitative estimate of drug-likeness (QED) is 0.919. The summed E-state index contributed by atoms with van der Waals surface area (Å²) >= 11 is 3.20. The Morgan fingerprint density at radius 1 is 1.53 bits per heavy atom. The van der Waals surface area contributed by atoms with E-state index in [1.807, 2.05) is 0 Å². The van der Waals surface area contributed by atoms with Crippen LogP contribution in [0.3, 0.4) is 0 Å². The zero-order valence-electron chi connectivity index (χ0n) is 8.68. The Morgan fingerprint density at radius 2 is 2.13 bits per heavy atom. The molecule has 0 fully saturated rings. The summed E-state index contributed by atoms with van der Waals surface area (Å²) in [6.45, 7) is 0. The fraction of sp³-hybridized carbons (Fsp3) is 0.375. The van der Waals surface area contributed by atoms with E-state index in [0.29, 0.717) is 4.47 Å². The fourth-order valence-corrected chi connectivity index (χ4v) is 1.76. The van der Waals surface area contributed by atoms with Gasteiger partial charge in [0.15, 0.2) is 15.6 Å². The maximum Gasteiger partial charge on any atom is 0.175 e. The summed E-state index contributed by atoms with van der Waals surface area (Å²) in [6, 6.07) is 1.57. The Balaban J connectivity index is 3.01. The summed E-state index contributed by atoms with van der Waals surface area (Å²) in [4.78, 5) is 3.84. The molecule has 0 saturated heterocycles. The molecule has 15 heavy (non-hydrogen) atoms. The number of pyridine rings is 1. The van der Waals surface area contributed by atoms with Crippen LogP contribution in [0, 0.1) is 0 Å². The zero-order chi connectivity index (χ0) is 11.7. The Hall–Kier alpha value is -0.500. The lowest BCUT2D eigenvalue weighted by Gasteiger charge is -2.38. The van der Waals surface area contributed by atoms with Crippen LogP contribution in [0.15, 0.2) is 22.9 Å². The van der Waals surface area contributed by atoms with Crippen molar-refractivity contribution in [3.8, 4) is 5.75 Å². The van der Waals surface area contributed by atoms with Crippen LogP contribution in [-0.2, 0) is 9.81 Å². The van der Waals surface area contributed by atoms with Gasteiger partial charge in [-0.15, -0.1) is 0 Å². The highest BCUT2D eigenvalue weighted by Gasteiger charge is 2.32. The highest BCUT2D eigenvalue weighted by Crippen LogP contribution is 2.26. The summed E-state index contributed by atoms with van der Waals surface area (Å²) in [5.74, 6) is 0.236. The smallest absolute Gasteiger partial charge is 0.175 e. The molecule has 86 valence electrons. The molecule has 5 nitrogen and oxygen atoms in total. The Bertz CT molecular complexity index is 430. The Kier molecular flexibility index (Phi) is 3.20. The first-order chi connectivity index (χ1) is 6.69. The minimum atomic E-state index is -4.24. The van der Waals surface area contributed by atoms with Gasteiger partial charge in [0, 0.05) is 24.8 Å². The van der Waals surface area contributed by atoms with E-state index >= 15 is 0 Å². The van der Waals surface area contributed by atoms with Crippen LogP contribution in [-0.4, -0.2) is 38.4 Å². The summed E-state index contributed by atoms with van der Waals surface area (Å²) in [6.07, 6.45) is 4.08. The standard InChI is InChI=1S/C8H13BrN2O3S/c1-11(2)15(3,12,13)14-8-4-7(9)5-10-6-8/h4-6H,1-3H3,(H,12,13). The predicted molar refractivity (Wildman–Crippen MR) is 62.9 cm³/mol. The van der Waals surface area contributed by atoms with E-state index in [-0.39, 0.29) is 5.75 Å². The maximum atomic E-state index is 12.0. The number of hydrogen-bond donors (Lipinski definition) is 1. The lowest BCUT2D eigenvalue weighted by Crippen LogP contribution is -2.49. The van der Waals surface area contributed by atoms with Gasteiger partial charge in [-0.1, -0.05) is 0 Å². The van der Waals surface area contributed by atoms with Crippen LogP contribution >= 0.6 is 15.9 Å². The second kappa shape index (κ2) is 3.82. The molecule has 1 rings (SSSR count). The molecule has 0 aliphatic carbocycles. The number of aromatic nitrogens is 1. The number of rotatable bonds is 3. The van der Waals surface area contributed by atoms with Crippen LogP contribution in [0.1, 0.15) is 0 Å². The van der Waals surface area contributed by atoms with E-state index < -0.39 is 9.81 Å². The molecule has 1 heterocycles. The SMILES string of the molecule is CN(C)S(C)(=O)(O)Oc1cncc(Br)c1. The summed E-state index contributed by atoms with van der Waals surface area (Å²) in [7, 11) is -1.29. The Labute approximate surface area is 97.1 Å². The first kappa shape index (κ1) is 12.6. The summed E-state index contributed by atoms with van der Waals surface area (Å²) < 4.78 is 28.7. The van der Waals surface area contributed by atoms with Gasteiger partial charge in [-0.25, -0.2) is 8.51 Å². The molecule has 0 saturated carbocycles. The van der Waals surface area contributed by atoms with Gasteiger partial charge in [-0.2, -0.15) is 0 Å². The molecule has 0 spiro atoms. The molecule has 0 unspecified atom stereocenters. The predicted octanol–water partition coefficient (Wildman–Crippen LogP) is 1.54. The van der Waals surface area contributed by atoms with Crippen molar-refractivity contribution in [2.75, 3.05) is 20.4 Å². The molecule has 1 N–H and O–H groups in total. The maximum absolute atomic E-state index is 12.0. The third-order valence-electron chi connectivity index (χ3n) is 1.79. The van der Waals surface area contributed by atoms with Crippen molar-refractivity contribution in [3.05, 3.63) is 22.9 Å². The van der Waals surface area contributed by atoms with Gasteiger partial charge >= 0.3 is 0 Å². The fourth-order valence-electron chi connectivity index (χ4n) is 0.734. The minimum Gasteiger partial charge on any atom is -0.392 e. The molecule has 1 aromatic heterocycles. The second-order valence-corrected chi connectivity index (χ2v) is 7.49. The molecule has 0 atom stereocenters. The van der Waals surface area contributed by atoms with Crippen molar-refractivity contribution in [2.45, 2.75) is 0 Å². The van der Waals surface area contributed by atoms with Crippen LogP contribution in [0.2, 0.25) is 0 Å². The molecule has 0 aliphatic heterocycles. The number of halogens is 1. The first-order valence-electron chi connectivity index (χ1n) is 4.07. The lowest BCUT2D eigenvalue weighted by atomic mass is 10.5. The molecule has 0 bridgehead atoms. The average Bonchev–Trinajstić information content (AvgIpc) is 2.01. The second-order valence-electron chi connectivity index (χ2n) is 3.38. The largest absolute Gasteiger partial charge is 0.392 e. The van der Waals surface area contributed by atoms with Gasteiger partial charge in [-0.3, -0.25) is 9.54 Å². The molecule has 0 aromatic carbocycles. The van der Waals surface area contributed by atoms with Crippen molar-refractivity contribution in [1.29, 1.82) is 0 Å². The topological polar surface area (TPSA) is 62.7 Å². The minimum absolute atomic E-state index is 0.236. The van der Waals surface area contributed by atoms with E-state index in [1.54, 1.807) is 12.3 Å². The summed E-state index contributed by atoms with van der Waals surface area (Å²) in [5, 5.41) is 0. The third-order valence-corrected chi connectivity index (χ3v) is 4.46. The van der Waals surface area contributed by atoms with Gasteiger partial charge in [0.1, 0.15) is 0 Å². The first-order valence-corrected chi connectivity index (χ1v) is 7.07. The van der Waals surface area contributed by atoms with Crippen molar-refractivity contribution in [1.82, 2.24) is 9.29 Å². The van der Waals surface area contributed by atoms with Gasteiger partial charge < -0.3 is 4.18 Å². The Morgan fingerprint density at radius 3 is 2.60 bits per heavy atom. The van der Waals surface area contributed by atoms with Crippen LogP contribution in [0.4, 0.5) is 0 Å². The van der Waals surface area contributed by atoms with Crippen LogP contribution in [0.5, 0.6) is 5.75 Å². The van der Waals surface area contributed by atoms with E-state index in [1.165, 1.54) is 20.3 Å². The third kappa shape index (κ3) is 3.23. The molecule has 1 aromatic rings. The molecule has 0 amide bonds. The molecular weight excluding hydrogens is 284 g/mol. The van der Waals surface area contributed by atoms with E-state index in [2.05, 4.69) is 20.9 Å². The van der Waals surface area contributed by atoms with Crippen LogP contribution in [0.25, 0.3) is 0 Å². The zero-order valence-corrected chi connectivity index (χ0v) is 11.1. The van der Waals surface area contributed by atoms with E-state index in [4.69, 9.17) is 4.18 Å². The highest BCUT2D eigenvalue weighted by atomic mass is 79.9. The van der Waals surface area contributed by atoms with Gasteiger partial charge in [-0.05, 0) is 22.0 Å². The average molecular weight is 297 g/mol. The monoisotopic (exact) mass is 296 g/mol. The lowest BCUT2D eigenvalue weighted by molar-refractivity contribution is 0.338. The van der Waals surface area contributed by atoms with Gasteiger partial charge in [0.2, 0.25) is 0 Å². The van der Waals surface area contributed by atoms with E-state index in [9.17, 15) is 8.76 Å².